The second kappa shape index (κ2) is 6.86. The first-order chi connectivity index (χ1) is 11.2. The summed E-state index contributed by atoms with van der Waals surface area (Å²) in [5, 5.41) is 0. The molecule has 0 saturated carbocycles. The topological polar surface area (TPSA) is 43.4 Å². The molecular weight excluding hydrogens is 321 g/mol. The molecule has 126 valence electrons. The molecule has 2 aromatic rings. The monoisotopic (exact) mass is 336 g/mol. The molecule has 0 spiro atoms. The molecule has 0 fully saturated rings. The van der Waals surface area contributed by atoms with Crippen molar-refractivity contribution >= 4 is 11.8 Å². The molecule has 0 unspecified atom stereocenters. The summed E-state index contributed by atoms with van der Waals surface area (Å²) < 4.78 is 43.5. The van der Waals surface area contributed by atoms with Gasteiger partial charge in [-0.1, -0.05) is 29.8 Å². The van der Waals surface area contributed by atoms with Gasteiger partial charge in [0.25, 0.3) is 0 Å². The Morgan fingerprint density at radius 2 is 1.67 bits per heavy atom. The molecule has 0 saturated heterocycles. The average Bonchev–Trinajstić information content (AvgIpc) is 2.53. The molecule has 6 heteroatoms. The zero-order valence-corrected chi connectivity index (χ0v) is 13.1. The Morgan fingerprint density at radius 1 is 1.00 bits per heavy atom. The number of esters is 1. The fraction of sp³-hybridized carbons (Fsp3) is 0.222. The van der Waals surface area contributed by atoms with Crippen LogP contribution in [0.2, 0.25) is 0 Å². The number of hydrogen-bond donors (Lipinski definition) is 0. The van der Waals surface area contributed by atoms with Crippen molar-refractivity contribution in [2.75, 3.05) is 6.61 Å². The summed E-state index contributed by atoms with van der Waals surface area (Å²) in [7, 11) is 0. The van der Waals surface area contributed by atoms with Gasteiger partial charge in [0.1, 0.15) is 0 Å². The van der Waals surface area contributed by atoms with Crippen LogP contribution in [0.4, 0.5) is 13.2 Å². The predicted molar refractivity (Wildman–Crippen MR) is 82.0 cm³/mol. The summed E-state index contributed by atoms with van der Waals surface area (Å²) in [5.41, 5.74) is 0.245. The van der Waals surface area contributed by atoms with E-state index in [0.29, 0.717) is 11.1 Å². The molecule has 0 aliphatic rings. The molecule has 2 aromatic carbocycles. The van der Waals surface area contributed by atoms with Crippen molar-refractivity contribution in [3.05, 3.63) is 70.3 Å². The van der Waals surface area contributed by atoms with E-state index in [4.69, 9.17) is 4.74 Å². The molecule has 0 amide bonds. The largest absolute Gasteiger partial charge is 0.454 e. The van der Waals surface area contributed by atoms with Crippen molar-refractivity contribution < 1.29 is 27.5 Å². The highest BCUT2D eigenvalue weighted by Crippen LogP contribution is 2.32. The van der Waals surface area contributed by atoms with E-state index in [1.54, 1.807) is 19.1 Å². The van der Waals surface area contributed by atoms with Gasteiger partial charge in [0.05, 0.1) is 11.1 Å². The summed E-state index contributed by atoms with van der Waals surface area (Å²) >= 11 is 0. The number of carbonyl (C=O) groups is 2. The second-order valence-electron chi connectivity index (χ2n) is 5.36. The molecule has 0 atom stereocenters. The molecular formula is C18H15F3O3. The van der Waals surface area contributed by atoms with Crippen molar-refractivity contribution in [3.8, 4) is 0 Å². The molecule has 0 N–H and O–H groups in total. The van der Waals surface area contributed by atoms with E-state index in [1.807, 2.05) is 13.0 Å². The van der Waals surface area contributed by atoms with Gasteiger partial charge in [-0.15, -0.1) is 0 Å². The van der Waals surface area contributed by atoms with Crippen LogP contribution in [0.15, 0.2) is 42.5 Å². The van der Waals surface area contributed by atoms with Crippen LogP contribution in [-0.2, 0) is 10.9 Å². The Bertz CT molecular complexity index is 779. The maximum absolute atomic E-state index is 12.9. The number of rotatable bonds is 4. The lowest BCUT2D eigenvalue weighted by Crippen LogP contribution is -2.19. The first-order valence-electron chi connectivity index (χ1n) is 7.14. The zero-order chi connectivity index (χ0) is 17.9. The van der Waals surface area contributed by atoms with Crippen molar-refractivity contribution in [1.82, 2.24) is 0 Å². The van der Waals surface area contributed by atoms with Crippen LogP contribution in [0, 0.1) is 13.8 Å². The van der Waals surface area contributed by atoms with Crippen LogP contribution in [0.3, 0.4) is 0 Å². The fourth-order valence-electron chi connectivity index (χ4n) is 2.23. The molecule has 3 nitrogen and oxygen atoms in total. The van der Waals surface area contributed by atoms with E-state index in [9.17, 15) is 22.8 Å². The molecule has 0 bridgehead atoms. The highest BCUT2D eigenvalue weighted by Gasteiger charge is 2.35. The Hall–Kier alpha value is -2.63. The molecule has 2 rings (SSSR count). The SMILES string of the molecule is Cc1ccc(C)c(C(=O)COC(=O)c2ccccc2C(F)(F)F)c1. The number of halogens is 3. The molecule has 0 heterocycles. The van der Waals surface area contributed by atoms with Crippen molar-refractivity contribution in [2.45, 2.75) is 20.0 Å². The lowest BCUT2D eigenvalue weighted by atomic mass is 10.0. The van der Waals surface area contributed by atoms with E-state index in [-0.39, 0.29) is 0 Å². The molecule has 0 aliphatic carbocycles. The third kappa shape index (κ3) is 4.01. The number of alkyl halides is 3. The van der Waals surface area contributed by atoms with Crippen LogP contribution >= 0.6 is 0 Å². The summed E-state index contributed by atoms with van der Waals surface area (Å²) in [6.07, 6.45) is -4.67. The van der Waals surface area contributed by atoms with Crippen molar-refractivity contribution in [2.24, 2.45) is 0 Å². The number of carbonyl (C=O) groups excluding carboxylic acids is 2. The average molecular weight is 336 g/mol. The van der Waals surface area contributed by atoms with Crippen molar-refractivity contribution in [1.29, 1.82) is 0 Å². The lowest BCUT2D eigenvalue weighted by Gasteiger charge is -2.12. The van der Waals surface area contributed by atoms with Crippen LogP contribution in [-0.4, -0.2) is 18.4 Å². The summed E-state index contributed by atoms with van der Waals surface area (Å²) in [5.74, 6) is -1.64. The van der Waals surface area contributed by atoms with E-state index >= 15 is 0 Å². The number of aryl methyl sites for hydroxylation is 2. The van der Waals surface area contributed by atoms with E-state index < -0.39 is 35.7 Å². The minimum atomic E-state index is -4.67. The van der Waals surface area contributed by atoms with Gasteiger partial charge in [-0.25, -0.2) is 4.79 Å². The highest BCUT2D eigenvalue weighted by molar-refractivity contribution is 6.00. The maximum atomic E-state index is 12.9. The second-order valence-corrected chi connectivity index (χ2v) is 5.36. The fourth-order valence-corrected chi connectivity index (χ4v) is 2.23. The van der Waals surface area contributed by atoms with E-state index in [0.717, 1.165) is 17.7 Å². The number of benzene rings is 2. The summed E-state index contributed by atoms with van der Waals surface area (Å²) in [6, 6.07) is 9.53. The Labute approximate surface area is 137 Å². The maximum Gasteiger partial charge on any atom is 0.417 e. The van der Waals surface area contributed by atoms with Crippen LogP contribution in [0.25, 0.3) is 0 Å². The van der Waals surface area contributed by atoms with E-state index in [2.05, 4.69) is 0 Å². The molecule has 0 radical (unpaired) electrons. The third-order valence-electron chi connectivity index (χ3n) is 3.48. The van der Waals surface area contributed by atoms with Crippen LogP contribution < -0.4 is 0 Å². The summed E-state index contributed by atoms with van der Waals surface area (Å²) in [6.45, 7) is 2.92. The normalized spacial score (nSPS) is 11.2. The molecule has 0 aliphatic heterocycles. The van der Waals surface area contributed by atoms with Gasteiger partial charge in [0.15, 0.2) is 6.61 Å². The lowest BCUT2D eigenvalue weighted by molar-refractivity contribution is -0.138. The van der Waals surface area contributed by atoms with Gasteiger partial charge in [0.2, 0.25) is 5.78 Å². The minimum Gasteiger partial charge on any atom is -0.454 e. The van der Waals surface area contributed by atoms with Crippen LogP contribution in [0.5, 0.6) is 0 Å². The zero-order valence-electron chi connectivity index (χ0n) is 13.1. The number of hydrogen-bond acceptors (Lipinski definition) is 3. The van der Waals surface area contributed by atoms with Gasteiger partial charge in [-0.3, -0.25) is 4.79 Å². The first kappa shape index (κ1) is 17.7. The first-order valence-corrected chi connectivity index (χ1v) is 7.14. The highest BCUT2D eigenvalue weighted by atomic mass is 19.4. The van der Waals surface area contributed by atoms with Crippen molar-refractivity contribution in [3.63, 3.8) is 0 Å². The number of ether oxygens (including phenoxy) is 1. The van der Waals surface area contributed by atoms with Gasteiger partial charge >= 0.3 is 12.1 Å². The number of ketones is 1. The van der Waals surface area contributed by atoms with Gasteiger partial charge < -0.3 is 4.74 Å². The third-order valence-corrected chi connectivity index (χ3v) is 3.48. The Morgan fingerprint density at radius 3 is 2.33 bits per heavy atom. The quantitative estimate of drug-likeness (QED) is 0.615. The Kier molecular flexibility index (Phi) is 5.07. The number of Topliss-reactive ketones (excluding diaryl/α,β-unsaturated/α-hetero) is 1. The molecule has 24 heavy (non-hydrogen) atoms. The Balaban J connectivity index is 2.14. The predicted octanol–water partition coefficient (Wildman–Crippen LogP) is 4.36. The van der Waals surface area contributed by atoms with Gasteiger partial charge in [0, 0.05) is 5.56 Å². The smallest absolute Gasteiger partial charge is 0.417 e. The minimum absolute atomic E-state index is 0.381. The van der Waals surface area contributed by atoms with Crippen LogP contribution in [0.1, 0.15) is 37.4 Å². The van der Waals surface area contributed by atoms with Gasteiger partial charge in [-0.2, -0.15) is 13.2 Å². The van der Waals surface area contributed by atoms with E-state index in [1.165, 1.54) is 12.1 Å². The summed E-state index contributed by atoms with van der Waals surface area (Å²) in [4.78, 5) is 24.1. The standard InChI is InChI=1S/C18H15F3O3/c1-11-7-8-12(2)14(9-11)16(22)10-24-17(23)13-5-3-4-6-15(13)18(19,20)21/h3-9H,10H2,1-2H3. The molecule has 0 aromatic heterocycles. The van der Waals surface area contributed by atoms with Gasteiger partial charge in [-0.05, 0) is 37.6 Å².